The molecule has 4 N–H and O–H groups in total. The van der Waals surface area contributed by atoms with Gasteiger partial charge in [-0.2, -0.15) is 0 Å². The van der Waals surface area contributed by atoms with Crippen LogP contribution in [0.5, 0.6) is 5.75 Å². The summed E-state index contributed by atoms with van der Waals surface area (Å²) in [6, 6.07) is 15.0. The number of thiazole rings is 1. The molecule has 1 aliphatic heterocycles. The lowest BCUT2D eigenvalue weighted by Gasteiger charge is -2.40. The van der Waals surface area contributed by atoms with E-state index in [1.54, 1.807) is 45.2 Å². The lowest BCUT2D eigenvalue weighted by Crippen LogP contribution is -2.58. The molecule has 1 aliphatic rings. The molecule has 18 heteroatoms. The fraction of sp³-hybridized carbons (Fsp3) is 0.644. The minimum Gasteiger partial charge on any atom is -0.461 e. The molecule has 0 aliphatic carbocycles. The summed E-state index contributed by atoms with van der Waals surface area (Å²) in [4.78, 5) is 89.5. The van der Waals surface area contributed by atoms with Crippen molar-refractivity contribution in [3.63, 3.8) is 0 Å². The molecule has 1 aromatic heterocycles. The molecule has 0 radical (unpaired) electrons. The van der Waals surface area contributed by atoms with Gasteiger partial charge in [-0.3, -0.25) is 24.1 Å². The summed E-state index contributed by atoms with van der Waals surface area (Å²) >= 11 is 1.34. The third kappa shape index (κ3) is 22.4. The van der Waals surface area contributed by atoms with Gasteiger partial charge in [0.15, 0.2) is 0 Å². The zero-order valence-electron chi connectivity index (χ0n) is 48.0. The SMILES string of the molecule is CCCO[C@H](C[C@H](C(C)C)N(CCC)C(=O)[C@@H](NC(=O)[C@H]1CCCCN1C)[C@@H](C)CC)c1nc(C(=O)N[C@@H](CCc2ccc(OC(=O)NCCCCNC(=O)OC(C)(C)C)cc2)C[C@H](C)C(=O)OCc2ccccc2)cs1. The summed E-state index contributed by atoms with van der Waals surface area (Å²) in [6.07, 6.45) is 6.48. The Labute approximate surface area is 463 Å². The molecule has 3 aromatic rings. The number of esters is 1. The standard InChI is InChI=1S/C59H91N7O10S/c1-12-33-66(55(69)51(41(6)14-3)64-53(68)48-24-18-21-34-65(48)11)49(40(4)5)37-50(73-35-13-2)54-63-47(39-77-54)52(67)62-45(36-42(7)56(70)74-38-44-22-16-15-17-23-44)28-25-43-26-29-46(30-27-43)75-57(71)60-31-19-20-32-61-58(72)76-59(8,9)10/h15-17,22-23,26-27,29-30,39-42,45,48-51H,12-14,18-21,24-25,28,31-38H2,1-11H3,(H,60,71)(H,61,72)(H,62,67)(H,64,68)/t41-,42-,45-,48+,49+,50+,51-/m0/s1. The van der Waals surface area contributed by atoms with Crippen molar-refractivity contribution in [3.8, 4) is 5.75 Å². The van der Waals surface area contributed by atoms with Gasteiger partial charge in [-0.15, -0.1) is 11.3 Å². The van der Waals surface area contributed by atoms with Crippen molar-refractivity contribution < 1.29 is 47.7 Å². The van der Waals surface area contributed by atoms with Gasteiger partial charge >= 0.3 is 18.2 Å². The molecule has 77 heavy (non-hydrogen) atoms. The monoisotopic (exact) mass is 1090 g/mol. The largest absolute Gasteiger partial charge is 0.461 e. The van der Waals surface area contributed by atoms with Crippen LogP contribution in [0.25, 0.3) is 0 Å². The number of unbranched alkanes of at least 4 members (excludes halogenated alkanes) is 1. The number of nitrogens with zero attached hydrogens (tertiary/aromatic N) is 3. The molecule has 0 bridgehead atoms. The van der Waals surface area contributed by atoms with Gasteiger partial charge in [0.25, 0.3) is 5.91 Å². The number of hydrogen-bond donors (Lipinski definition) is 4. The number of likely N-dealkylation sites (tertiary alicyclic amines) is 1. The average Bonchev–Trinajstić information content (AvgIpc) is 3.90. The zero-order chi connectivity index (χ0) is 56.5. The van der Waals surface area contributed by atoms with Crippen LogP contribution in [0.15, 0.2) is 60.0 Å². The van der Waals surface area contributed by atoms with Gasteiger partial charge in [0.05, 0.1) is 12.0 Å². The maximum absolute atomic E-state index is 14.8. The number of aromatic nitrogens is 1. The fourth-order valence-corrected chi connectivity index (χ4v) is 10.1. The third-order valence-corrected chi connectivity index (χ3v) is 14.8. The minimum atomic E-state index is -0.681. The molecule has 17 nitrogen and oxygen atoms in total. The highest BCUT2D eigenvalue weighted by Crippen LogP contribution is 2.32. The van der Waals surface area contributed by atoms with Gasteiger partial charge in [-0.1, -0.05) is 104 Å². The number of carbonyl (C=O) groups is 6. The first-order valence-electron chi connectivity index (χ1n) is 28.1. The highest BCUT2D eigenvalue weighted by molar-refractivity contribution is 7.09. The van der Waals surface area contributed by atoms with Crippen molar-refractivity contribution in [2.24, 2.45) is 17.8 Å². The van der Waals surface area contributed by atoms with E-state index in [1.807, 2.05) is 75.2 Å². The van der Waals surface area contributed by atoms with Gasteiger partial charge in [-0.05, 0) is 127 Å². The number of ether oxygens (including phenoxy) is 4. The Balaban J connectivity index is 1.46. The Morgan fingerprint density at radius 2 is 1.53 bits per heavy atom. The number of aryl methyl sites for hydroxylation is 1. The van der Waals surface area contributed by atoms with Gasteiger partial charge in [0, 0.05) is 50.1 Å². The summed E-state index contributed by atoms with van der Waals surface area (Å²) in [7, 11) is 1.98. The van der Waals surface area contributed by atoms with Crippen molar-refractivity contribution in [3.05, 3.63) is 81.8 Å². The number of alkyl carbamates (subject to hydrolysis) is 1. The number of likely N-dealkylation sites (N-methyl/N-ethyl adjacent to an activating group) is 1. The van der Waals surface area contributed by atoms with Crippen LogP contribution in [0.4, 0.5) is 9.59 Å². The first kappa shape index (κ1) is 63.9. The van der Waals surface area contributed by atoms with E-state index in [2.05, 4.69) is 46.9 Å². The van der Waals surface area contributed by atoms with E-state index in [4.69, 9.17) is 23.9 Å². The Hall–Kier alpha value is -5.59. The summed E-state index contributed by atoms with van der Waals surface area (Å²) in [5, 5.41) is 14.2. The van der Waals surface area contributed by atoms with Crippen LogP contribution in [0.1, 0.15) is 173 Å². The molecule has 2 aromatic carbocycles. The number of carbonyl (C=O) groups excluding carboxylic acids is 6. The fourth-order valence-electron chi connectivity index (χ4n) is 9.27. The lowest BCUT2D eigenvalue weighted by atomic mass is 9.92. The summed E-state index contributed by atoms with van der Waals surface area (Å²) in [6.45, 7) is 22.3. The van der Waals surface area contributed by atoms with E-state index < -0.39 is 41.9 Å². The summed E-state index contributed by atoms with van der Waals surface area (Å²) < 4.78 is 23.0. The van der Waals surface area contributed by atoms with Gasteiger partial charge in [-0.25, -0.2) is 14.6 Å². The molecule has 0 unspecified atom stereocenters. The van der Waals surface area contributed by atoms with E-state index >= 15 is 0 Å². The Morgan fingerprint density at radius 1 is 0.844 bits per heavy atom. The van der Waals surface area contributed by atoms with Gasteiger partial charge in [0.2, 0.25) is 11.8 Å². The number of hydrogen-bond acceptors (Lipinski definition) is 13. The van der Waals surface area contributed by atoms with Crippen molar-refractivity contribution in [2.75, 3.05) is 39.8 Å². The minimum absolute atomic E-state index is 0.0349. The van der Waals surface area contributed by atoms with Crippen LogP contribution in [0, 0.1) is 17.8 Å². The predicted molar refractivity (Wildman–Crippen MR) is 302 cm³/mol. The van der Waals surface area contributed by atoms with E-state index in [-0.39, 0.29) is 59.9 Å². The van der Waals surface area contributed by atoms with Gasteiger partial charge < -0.3 is 45.1 Å². The maximum Gasteiger partial charge on any atom is 0.412 e. The highest BCUT2D eigenvalue weighted by atomic mass is 32.1. The molecule has 4 rings (SSSR count). The van der Waals surface area contributed by atoms with E-state index in [1.165, 1.54) is 11.3 Å². The molecular formula is C59H91N7O10S. The Kier molecular flexibility index (Phi) is 27.4. The first-order valence-corrected chi connectivity index (χ1v) is 29.0. The van der Waals surface area contributed by atoms with Crippen molar-refractivity contribution in [1.82, 2.24) is 36.1 Å². The molecule has 0 saturated carbocycles. The summed E-state index contributed by atoms with van der Waals surface area (Å²) in [5.74, 6) is -1.17. The predicted octanol–water partition coefficient (Wildman–Crippen LogP) is 10.2. The van der Waals surface area contributed by atoms with Crippen LogP contribution in [-0.4, -0.2) is 120 Å². The maximum atomic E-state index is 14.8. The Bertz CT molecular complexity index is 2270. The van der Waals surface area contributed by atoms with Crippen LogP contribution < -0.4 is 26.0 Å². The third-order valence-electron chi connectivity index (χ3n) is 13.8. The van der Waals surface area contributed by atoms with Crippen LogP contribution in [0.2, 0.25) is 0 Å². The van der Waals surface area contributed by atoms with E-state index in [0.29, 0.717) is 75.5 Å². The quantitative estimate of drug-likeness (QED) is 0.0351. The molecular weight excluding hydrogens is 999 g/mol. The number of nitrogens with one attached hydrogen (secondary N) is 4. The second kappa shape index (κ2) is 33.0. The molecule has 1 saturated heterocycles. The molecule has 428 valence electrons. The zero-order valence-corrected chi connectivity index (χ0v) is 48.8. The molecule has 1 fully saturated rings. The van der Waals surface area contributed by atoms with Crippen LogP contribution in [0.3, 0.4) is 0 Å². The molecule has 0 spiro atoms. The van der Waals surface area contributed by atoms with E-state index in [9.17, 15) is 28.8 Å². The number of piperidine rings is 1. The van der Waals surface area contributed by atoms with Crippen molar-refractivity contribution in [2.45, 2.75) is 189 Å². The smallest absolute Gasteiger partial charge is 0.412 e. The second-order valence-electron chi connectivity index (χ2n) is 21.9. The number of benzene rings is 2. The van der Waals surface area contributed by atoms with Crippen LogP contribution >= 0.6 is 11.3 Å². The Morgan fingerprint density at radius 3 is 2.16 bits per heavy atom. The second-order valence-corrected chi connectivity index (χ2v) is 22.8. The van der Waals surface area contributed by atoms with Crippen molar-refractivity contribution in [1.29, 1.82) is 0 Å². The topological polar surface area (TPSA) is 207 Å². The van der Waals surface area contributed by atoms with Crippen LogP contribution in [-0.2, 0) is 41.6 Å². The average molecular weight is 1090 g/mol. The summed E-state index contributed by atoms with van der Waals surface area (Å²) in [5.41, 5.74) is 1.46. The number of rotatable bonds is 31. The normalized spacial score (nSPS) is 16.2. The molecule has 2 heterocycles. The van der Waals surface area contributed by atoms with Gasteiger partial charge in [0.1, 0.15) is 40.8 Å². The molecule has 7 atom stereocenters. The highest BCUT2D eigenvalue weighted by Gasteiger charge is 2.38. The molecule has 5 amide bonds. The lowest BCUT2D eigenvalue weighted by molar-refractivity contribution is -0.149. The van der Waals surface area contributed by atoms with Crippen molar-refractivity contribution >= 4 is 47.2 Å². The first-order chi connectivity index (χ1) is 36.7. The van der Waals surface area contributed by atoms with E-state index in [0.717, 1.165) is 56.2 Å². The number of amides is 5.